The highest BCUT2D eigenvalue weighted by Gasteiger charge is 2.15. The molecule has 3 nitrogen and oxygen atoms in total. The third-order valence-corrected chi connectivity index (χ3v) is 3.90. The van der Waals surface area contributed by atoms with Crippen LogP contribution in [0.2, 0.25) is 5.02 Å². The second-order valence-electron chi connectivity index (χ2n) is 5.21. The lowest BCUT2D eigenvalue weighted by atomic mass is 10.1. The molecule has 0 atom stereocenters. The molecule has 0 radical (unpaired) electrons. The average molecular weight is 299 g/mol. The van der Waals surface area contributed by atoms with E-state index >= 15 is 0 Å². The first-order valence-corrected chi connectivity index (χ1v) is 7.52. The number of carbonyl (C=O) groups excluding carboxylic acids is 1. The van der Waals surface area contributed by atoms with Crippen molar-refractivity contribution in [2.45, 2.75) is 44.6 Å². The van der Waals surface area contributed by atoms with Gasteiger partial charge in [0.05, 0.1) is 17.3 Å². The quantitative estimate of drug-likeness (QED) is 0.832. The standard InChI is InChI=1S/C15H20ClFN2O/c16-12-8-5-9-13(15(12)17)18-10-14(20)19-11-6-3-1-2-4-7-11/h5,8-9,11,18H,1-4,6-7,10H2,(H,19,20). The highest BCUT2D eigenvalue weighted by Crippen LogP contribution is 2.21. The van der Waals surface area contributed by atoms with Crippen LogP contribution in [0.25, 0.3) is 0 Å². The molecule has 2 N–H and O–H groups in total. The van der Waals surface area contributed by atoms with Gasteiger partial charge in [0.25, 0.3) is 0 Å². The van der Waals surface area contributed by atoms with Crippen molar-refractivity contribution < 1.29 is 9.18 Å². The van der Waals surface area contributed by atoms with Gasteiger partial charge in [-0.05, 0) is 25.0 Å². The minimum Gasteiger partial charge on any atom is -0.374 e. The molecule has 0 spiro atoms. The molecular formula is C15H20ClFN2O. The van der Waals surface area contributed by atoms with Gasteiger partial charge in [-0.15, -0.1) is 0 Å². The first-order valence-electron chi connectivity index (χ1n) is 7.14. The van der Waals surface area contributed by atoms with E-state index in [1.807, 2.05) is 0 Å². The molecule has 1 fully saturated rings. The summed E-state index contributed by atoms with van der Waals surface area (Å²) in [6, 6.07) is 4.96. The molecular weight excluding hydrogens is 279 g/mol. The molecule has 0 aromatic heterocycles. The van der Waals surface area contributed by atoms with E-state index in [2.05, 4.69) is 10.6 Å². The van der Waals surface area contributed by atoms with E-state index < -0.39 is 5.82 Å². The van der Waals surface area contributed by atoms with E-state index in [4.69, 9.17) is 11.6 Å². The van der Waals surface area contributed by atoms with Gasteiger partial charge in [-0.1, -0.05) is 43.4 Å². The smallest absolute Gasteiger partial charge is 0.239 e. The fourth-order valence-corrected chi connectivity index (χ4v) is 2.69. The van der Waals surface area contributed by atoms with Gasteiger partial charge < -0.3 is 10.6 Å². The summed E-state index contributed by atoms with van der Waals surface area (Å²) in [5.41, 5.74) is 0.258. The zero-order valence-corrected chi connectivity index (χ0v) is 12.2. The van der Waals surface area contributed by atoms with Crippen molar-refractivity contribution in [3.63, 3.8) is 0 Å². The Kier molecular flexibility index (Phi) is 5.65. The fourth-order valence-electron chi connectivity index (χ4n) is 2.52. The van der Waals surface area contributed by atoms with Crippen LogP contribution in [0.5, 0.6) is 0 Å². The SMILES string of the molecule is O=C(CNc1cccc(Cl)c1F)NC1CCCCCC1. The van der Waals surface area contributed by atoms with E-state index in [1.54, 1.807) is 12.1 Å². The number of halogens is 2. The number of rotatable bonds is 4. The predicted molar refractivity (Wildman–Crippen MR) is 79.5 cm³/mol. The Morgan fingerprint density at radius 2 is 1.95 bits per heavy atom. The van der Waals surface area contributed by atoms with Gasteiger partial charge in [0.15, 0.2) is 5.82 Å². The van der Waals surface area contributed by atoms with Gasteiger partial charge in [0.1, 0.15) is 0 Å². The topological polar surface area (TPSA) is 41.1 Å². The Labute approximate surface area is 123 Å². The maximum atomic E-state index is 13.6. The first-order chi connectivity index (χ1) is 9.66. The molecule has 0 heterocycles. The predicted octanol–water partition coefficient (Wildman–Crippen LogP) is 3.73. The van der Waals surface area contributed by atoms with E-state index in [9.17, 15) is 9.18 Å². The number of amides is 1. The molecule has 0 unspecified atom stereocenters. The van der Waals surface area contributed by atoms with Crippen LogP contribution in [0.4, 0.5) is 10.1 Å². The molecule has 0 bridgehead atoms. The Balaban J connectivity index is 1.81. The van der Waals surface area contributed by atoms with Crippen molar-refractivity contribution in [1.29, 1.82) is 0 Å². The Morgan fingerprint density at radius 3 is 2.65 bits per heavy atom. The van der Waals surface area contributed by atoms with Crippen molar-refractivity contribution in [2.24, 2.45) is 0 Å². The van der Waals surface area contributed by atoms with Crippen LogP contribution in [0.15, 0.2) is 18.2 Å². The first kappa shape index (κ1) is 15.1. The van der Waals surface area contributed by atoms with Crippen LogP contribution in [-0.2, 0) is 4.79 Å². The molecule has 1 aliphatic rings. The van der Waals surface area contributed by atoms with E-state index in [-0.39, 0.29) is 29.2 Å². The summed E-state index contributed by atoms with van der Waals surface area (Å²) in [4.78, 5) is 11.9. The molecule has 2 rings (SSSR count). The third-order valence-electron chi connectivity index (χ3n) is 3.61. The van der Waals surface area contributed by atoms with Gasteiger partial charge in [0, 0.05) is 6.04 Å². The summed E-state index contributed by atoms with van der Waals surface area (Å²) < 4.78 is 13.6. The summed E-state index contributed by atoms with van der Waals surface area (Å²) in [6.07, 6.45) is 6.91. The minimum absolute atomic E-state index is 0.0548. The molecule has 20 heavy (non-hydrogen) atoms. The molecule has 1 saturated carbocycles. The van der Waals surface area contributed by atoms with Crippen LogP contribution < -0.4 is 10.6 Å². The minimum atomic E-state index is -0.517. The highest BCUT2D eigenvalue weighted by atomic mass is 35.5. The third kappa shape index (κ3) is 4.37. The van der Waals surface area contributed by atoms with Crippen LogP contribution in [-0.4, -0.2) is 18.5 Å². The second-order valence-corrected chi connectivity index (χ2v) is 5.62. The Morgan fingerprint density at radius 1 is 1.25 bits per heavy atom. The van der Waals surface area contributed by atoms with Crippen molar-refractivity contribution >= 4 is 23.2 Å². The molecule has 1 aliphatic carbocycles. The summed E-state index contributed by atoms with van der Waals surface area (Å²) in [5, 5.41) is 5.85. The molecule has 1 aromatic rings. The average Bonchev–Trinajstić information content (AvgIpc) is 2.69. The Bertz CT molecular complexity index is 459. The largest absolute Gasteiger partial charge is 0.374 e. The van der Waals surface area contributed by atoms with E-state index in [0.717, 1.165) is 12.8 Å². The lowest BCUT2D eigenvalue weighted by Gasteiger charge is -2.16. The van der Waals surface area contributed by atoms with Crippen molar-refractivity contribution in [3.8, 4) is 0 Å². The Hall–Kier alpha value is -1.29. The number of benzene rings is 1. The molecule has 5 heteroatoms. The van der Waals surface area contributed by atoms with Gasteiger partial charge in [-0.2, -0.15) is 0 Å². The second kappa shape index (κ2) is 7.48. The summed E-state index contributed by atoms with van der Waals surface area (Å²) >= 11 is 5.69. The van der Waals surface area contributed by atoms with Crippen LogP contribution in [0, 0.1) is 5.82 Å². The van der Waals surface area contributed by atoms with Crippen molar-refractivity contribution in [2.75, 3.05) is 11.9 Å². The normalized spacial score (nSPS) is 16.5. The van der Waals surface area contributed by atoms with Gasteiger partial charge >= 0.3 is 0 Å². The van der Waals surface area contributed by atoms with Crippen LogP contribution in [0.1, 0.15) is 38.5 Å². The molecule has 0 aliphatic heterocycles. The number of nitrogens with one attached hydrogen (secondary N) is 2. The van der Waals surface area contributed by atoms with E-state index in [1.165, 1.54) is 31.7 Å². The van der Waals surface area contributed by atoms with Crippen LogP contribution in [0.3, 0.4) is 0 Å². The van der Waals surface area contributed by atoms with Gasteiger partial charge in [-0.25, -0.2) is 4.39 Å². The van der Waals surface area contributed by atoms with Crippen LogP contribution >= 0.6 is 11.6 Å². The molecule has 110 valence electrons. The fraction of sp³-hybridized carbons (Fsp3) is 0.533. The van der Waals surface area contributed by atoms with E-state index in [0.29, 0.717) is 0 Å². The zero-order chi connectivity index (χ0) is 14.4. The summed E-state index contributed by atoms with van der Waals surface area (Å²) in [6.45, 7) is 0.0633. The number of hydrogen-bond donors (Lipinski definition) is 2. The number of carbonyl (C=O) groups is 1. The lowest BCUT2D eigenvalue weighted by Crippen LogP contribution is -2.38. The summed E-state index contributed by atoms with van der Waals surface area (Å²) in [7, 11) is 0. The molecule has 1 aromatic carbocycles. The highest BCUT2D eigenvalue weighted by molar-refractivity contribution is 6.31. The van der Waals surface area contributed by atoms with Gasteiger partial charge in [0.2, 0.25) is 5.91 Å². The number of hydrogen-bond acceptors (Lipinski definition) is 2. The summed E-state index contributed by atoms with van der Waals surface area (Å²) in [5.74, 6) is -0.618. The molecule has 0 saturated heterocycles. The van der Waals surface area contributed by atoms with Gasteiger partial charge in [-0.3, -0.25) is 4.79 Å². The maximum Gasteiger partial charge on any atom is 0.239 e. The number of anilines is 1. The lowest BCUT2D eigenvalue weighted by molar-refractivity contribution is -0.120. The van der Waals surface area contributed by atoms with Crippen molar-refractivity contribution in [1.82, 2.24) is 5.32 Å². The zero-order valence-electron chi connectivity index (χ0n) is 11.4. The monoisotopic (exact) mass is 298 g/mol. The maximum absolute atomic E-state index is 13.6. The van der Waals surface area contributed by atoms with Crippen molar-refractivity contribution in [3.05, 3.63) is 29.0 Å². The molecule has 1 amide bonds.